The smallest absolute Gasteiger partial charge is 0.237 e. The molecular formula is C12H23N3O2. The average molecular weight is 241 g/mol. The van der Waals surface area contributed by atoms with Gasteiger partial charge in [-0.25, -0.2) is 0 Å². The van der Waals surface area contributed by atoms with E-state index in [-0.39, 0.29) is 17.7 Å². The highest BCUT2D eigenvalue weighted by molar-refractivity contribution is 5.81. The fourth-order valence-electron chi connectivity index (χ4n) is 1.41. The zero-order valence-corrected chi connectivity index (χ0v) is 10.7. The van der Waals surface area contributed by atoms with Crippen LogP contribution in [0.25, 0.3) is 0 Å². The molecular weight excluding hydrogens is 218 g/mol. The van der Waals surface area contributed by atoms with E-state index in [1.165, 1.54) is 0 Å². The minimum Gasteiger partial charge on any atom is -0.355 e. The molecule has 0 unspecified atom stereocenters. The zero-order chi connectivity index (χ0) is 12.8. The lowest BCUT2D eigenvalue weighted by Crippen LogP contribution is -2.44. The number of rotatable bonds is 7. The molecule has 0 radical (unpaired) electrons. The second-order valence-electron chi connectivity index (χ2n) is 5.01. The third-order valence-electron chi connectivity index (χ3n) is 2.84. The number of amides is 2. The maximum absolute atomic E-state index is 11.5. The Bertz CT molecular complexity index is 275. The first-order chi connectivity index (χ1) is 8.00. The number of nitrogens with two attached hydrogens (primary N) is 1. The van der Waals surface area contributed by atoms with Crippen molar-refractivity contribution >= 4 is 11.8 Å². The van der Waals surface area contributed by atoms with E-state index in [9.17, 15) is 9.59 Å². The zero-order valence-electron chi connectivity index (χ0n) is 10.7. The van der Waals surface area contributed by atoms with Crippen LogP contribution in [0.2, 0.25) is 0 Å². The Labute approximate surface area is 103 Å². The van der Waals surface area contributed by atoms with Gasteiger partial charge < -0.3 is 16.4 Å². The van der Waals surface area contributed by atoms with E-state index in [0.717, 1.165) is 12.8 Å². The fourth-order valence-corrected chi connectivity index (χ4v) is 1.41. The molecule has 0 spiro atoms. The lowest BCUT2D eigenvalue weighted by Gasteiger charge is -2.15. The molecule has 0 aromatic rings. The Kier molecular flexibility index (Phi) is 5.41. The lowest BCUT2D eigenvalue weighted by atomic mass is 10.1. The van der Waals surface area contributed by atoms with Crippen molar-refractivity contribution < 1.29 is 9.59 Å². The van der Waals surface area contributed by atoms with Gasteiger partial charge in [0.25, 0.3) is 0 Å². The van der Waals surface area contributed by atoms with E-state index in [1.807, 2.05) is 13.8 Å². The lowest BCUT2D eigenvalue weighted by molar-refractivity contribution is -0.124. The number of nitrogens with one attached hydrogen (secondary N) is 2. The van der Waals surface area contributed by atoms with Crippen LogP contribution in [-0.2, 0) is 9.59 Å². The van der Waals surface area contributed by atoms with Gasteiger partial charge in [0.05, 0.1) is 6.04 Å². The normalized spacial score (nSPS) is 16.7. The highest BCUT2D eigenvalue weighted by Crippen LogP contribution is 2.18. The first kappa shape index (κ1) is 14.0. The summed E-state index contributed by atoms with van der Waals surface area (Å²) in [4.78, 5) is 22.8. The Morgan fingerprint density at radius 2 is 2.00 bits per heavy atom. The predicted octanol–water partition coefficient (Wildman–Crippen LogP) is 0.145. The topological polar surface area (TPSA) is 84.2 Å². The molecule has 4 N–H and O–H groups in total. The van der Waals surface area contributed by atoms with Crippen LogP contribution in [0.15, 0.2) is 0 Å². The van der Waals surface area contributed by atoms with Crippen molar-refractivity contribution in [2.24, 2.45) is 11.7 Å². The maximum atomic E-state index is 11.5. The van der Waals surface area contributed by atoms with E-state index in [4.69, 9.17) is 5.73 Å². The molecule has 5 heteroatoms. The molecule has 0 saturated heterocycles. The van der Waals surface area contributed by atoms with E-state index in [2.05, 4.69) is 10.6 Å². The highest BCUT2D eigenvalue weighted by Gasteiger charge is 2.22. The van der Waals surface area contributed by atoms with Crippen LogP contribution in [0.3, 0.4) is 0 Å². The predicted molar refractivity (Wildman–Crippen MR) is 66.2 cm³/mol. The van der Waals surface area contributed by atoms with Gasteiger partial charge in [-0.15, -0.1) is 0 Å². The van der Waals surface area contributed by atoms with Gasteiger partial charge >= 0.3 is 0 Å². The monoisotopic (exact) mass is 241 g/mol. The van der Waals surface area contributed by atoms with Crippen LogP contribution in [0.5, 0.6) is 0 Å². The summed E-state index contributed by atoms with van der Waals surface area (Å²) in [6, 6.07) is -0.0539. The summed E-state index contributed by atoms with van der Waals surface area (Å²) in [6.07, 6.45) is 3.33. The first-order valence-electron chi connectivity index (χ1n) is 6.33. The SMILES string of the molecule is CC(C)[C@H](N)C(=O)NCCCC(=O)NC1CC1. The van der Waals surface area contributed by atoms with Crippen LogP contribution in [-0.4, -0.2) is 30.4 Å². The minimum absolute atomic E-state index is 0.0786. The largest absolute Gasteiger partial charge is 0.355 e. The molecule has 1 atom stereocenters. The van der Waals surface area contributed by atoms with Crippen molar-refractivity contribution in [3.05, 3.63) is 0 Å². The van der Waals surface area contributed by atoms with Crippen LogP contribution >= 0.6 is 0 Å². The standard InChI is InChI=1S/C12H23N3O2/c1-8(2)11(13)12(17)14-7-3-4-10(16)15-9-5-6-9/h8-9,11H,3-7,13H2,1-2H3,(H,14,17)(H,15,16)/t11-/m0/s1. The van der Waals surface area contributed by atoms with Crippen LogP contribution in [0.4, 0.5) is 0 Å². The molecule has 1 saturated carbocycles. The number of carbonyl (C=O) groups excluding carboxylic acids is 2. The van der Waals surface area contributed by atoms with Crippen molar-refractivity contribution in [1.82, 2.24) is 10.6 Å². The molecule has 1 aliphatic rings. The Morgan fingerprint density at radius 1 is 1.35 bits per heavy atom. The molecule has 0 bridgehead atoms. The van der Waals surface area contributed by atoms with Crippen LogP contribution in [0, 0.1) is 5.92 Å². The summed E-state index contributed by atoms with van der Waals surface area (Å²) >= 11 is 0. The van der Waals surface area contributed by atoms with Crippen LogP contribution < -0.4 is 16.4 Å². The third-order valence-corrected chi connectivity index (χ3v) is 2.84. The van der Waals surface area contributed by atoms with Crippen molar-refractivity contribution in [3.8, 4) is 0 Å². The quantitative estimate of drug-likeness (QED) is 0.554. The van der Waals surface area contributed by atoms with Gasteiger partial charge in [-0.05, 0) is 25.2 Å². The van der Waals surface area contributed by atoms with Crippen molar-refractivity contribution in [3.63, 3.8) is 0 Å². The van der Waals surface area contributed by atoms with Gasteiger partial charge in [0, 0.05) is 19.0 Å². The molecule has 2 amide bonds. The van der Waals surface area contributed by atoms with Crippen molar-refractivity contribution in [2.45, 2.75) is 51.6 Å². The van der Waals surface area contributed by atoms with Crippen LogP contribution in [0.1, 0.15) is 39.5 Å². The molecule has 1 fully saturated rings. The summed E-state index contributed by atoms with van der Waals surface area (Å²) in [6.45, 7) is 4.33. The molecule has 17 heavy (non-hydrogen) atoms. The number of hydrogen-bond acceptors (Lipinski definition) is 3. The molecule has 0 aromatic carbocycles. The second kappa shape index (κ2) is 6.59. The fraction of sp³-hybridized carbons (Fsp3) is 0.833. The van der Waals surface area contributed by atoms with Gasteiger partial charge in [-0.2, -0.15) is 0 Å². The van der Waals surface area contributed by atoms with E-state index >= 15 is 0 Å². The molecule has 5 nitrogen and oxygen atoms in total. The Balaban J connectivity index is 2.02. The van der Waals surface area contributed by atoms with E-state index in [1.54, 1.807) is 0 Å². The molecule has 0 aliphatic heterocycles. The summed E-state index contributed by atoms with van der Waals surface area (Å²) in [7, 11) is 0. The minimum atomic E-state index is -0.463. The Hall–Kier alpha value is -1.10. The highest BCUT2D eigenvalue weighted by atomic mass is 16.2. The van der Waals surface area contributed by atoms with Gasteiger partial charge in [0.1, 0.15) is 0 Å². The van der Waals surface area contributed by atoms with Gasteiger partial charge in [0.15, 0.2) is 0 Å². The summed E-state index contributed by atoms with van der Waals surface area (Å²) in [5.41, 5.74) is 5.68. The number of carbonyl (C=O) groups is 2. The molecule has 0 heterocycles. The molecule has 0 aromatic heterocycles. The molecule has 98 valence electrons. The molecule has 1 aliphatic carbocycles. The number of hydrogen-bond donors (Lipinski definition) is 3. The summed E-state index contributed by atoms with van der Waals surface area (Å²) in [5, 5.41) is 5.65. The maximum Gasteiger partial charge on any atom is 0.237 e. The van der Waals surface area contributed by atoms with Gasteiger partial charge in [0.2, 0.25) is 11.8 Å². The summed E-state index contributed by atoms with van der Waals surface area (Å²) in [5.74, 6) is 0.0747. The average Bonchev–Trinajstić information content (AvgIpc) is 3.06. The van der Waals surface area contributed by atoms with Gasteiger partial charge in [-0.1, -0.05) is 13.8 Å². The van der Waals surface area contributed by atoms with Crippen molar-refractivity contribution in [2.75, 3.05) is 6.54 Å². The molecule has 1 rings (SSSR count). The van der Waals surface area contributed by atoms with Crippen molar-refractivity contribution in [1.29, 1.82) is 0 Å². The summed E-state index contributed by atoms with van der Waals surface area (Å²) < 4.78 is 0. The first-order valence-corrected chi connectivity index (χ1v) is 6.33. The van der Waals surface area contributed by atoms with E-state index in [0.29, 0.717) is 25.4 Å². The van der Waals surface area contributed by atoms with Gasteiger partial charge in [-0.3, -0.25) is 9.59 Å². The second-order valence-corrected chi connectivity index (χ2v) is 5.01. The Morgan fingerprint density at radius 3 is 2.53 bits per heavy atom. The van der Waals surface area contributed by atoms with E-state index < -0.39 is 6.04 Å². The third kappa shape index (κ3) is 5.68.